The zero-order chi connectivity index (χ0) is 17.5. The lowest BCUT2D eigenvalue weighted by Crippen LogP contribution is -2.40. The fourth-order valence-corrected chi connectivity index (χ4v) is 2.55. The second kappa shape index (κ2) is 8.45. The van der Waals surface area contributed by atoms with Crippen molar-refractivity contribution in [1.29, 1.82) is 0 Å². The summed E-state index contributed by atoms with van der Waals surface area (Å²) in [5.74, 6) is -0.573. The molecule has 2 rings (SSSR count). The molecule has 0 saturated heterocycles. The third-order valence-corrected chi connectivity index (χ3v) is 3.92. The average molecular weight is 387 g/mol. The van der Waals surface area contributed by atoms with Gasteiger partial charge in [-0.15, -0.1) is 0 Å². The van der Waals surface area contributed by atoms with Gasteiger partial charge in [0.25, 0.3) is 0 Å². The van der Waals surface area contributed by atoms with Crippen molar-refractivity contribution in [2.24, 2.45) is 0 Å². The number of carbonyl (C=O) groups excluding carboxylic acids is 2. The van der Waals surface area contributed by atoms with Crippen molar-refractivity contribution >= 4 is 39.5 Å². The van der Waals surface area contributed by atoms with E-state index in [4.69, 9.17) is 0 Å². The molecular weight excluding hydrogens is 368 g/mol. The van der Waals surface area contributed by atoms with Gasteiger partial charge < -0.3 is 10.6 Å². The number of anilines is 1. The highest BCUT2D eigenvalue weighted by molar-refractivity contribution is 9.10. The Balaban J connectivity index is 1.91. The zero-order valence-electron chi connectivity index (χ0n) is 13.5. The monoisotopic (exact) mass is 386 g/mol. The van der Waals surface area contributed by atoms with Crippen molar-refractivity contribution in [1.82, 2.24) is 5.32 Å². The van der Waals surface area contributed by atoms with Gasteiger partial charge in [-0.25, -0.2) is 0 Å². The highest BCUT2D eigenvalue weighted by atomic mass is 79.9. The highest BCUT2D eigenvalue weighted by Gasteiger charge is 2.15. The molecule has 0 aromatic heterocycles. The van der Waals surface area contributed by atoms with E-state index in [2.05, 4.69) is 26.6 Å². The third kappa shape index (κ3) is 5.35. The number of rotatable bonds is 5. The molecule has 0 spiro atoms. The molecule has 2 amide bonds. The van der Waals surface area contributed by atoms with E-state index in [1.165, 1.54) is 6.08 Å². The Bertz CT molecular complexity index is 757. The molecule has 0 radical (unpaired) electrons. The number of carbonyl (C=O) groups is 2. The first-order valence-electron chi connectivity index (χ1n) is 7.56. The van der Waals surface area contributed by atoms with Gasteiger partial charge in [-0.1, -0.05) is 46.3 Å². The minimum atomic E-state index is -0.638. The molecule has 0 aliphatic heterocycles. The predicted molar refractivity (Wildman–Crippen MR) is 101 cm³/mol. The lowest BCUT2D eigenvalue weighted by Gasteiger charge is -2.14. The fourth-order valence-electron chi connectivity index (χ4n) is 2.07. The summed E-state index contributed by atoms with van der Waals surface area (Å²) in [6, 6.07) is 14.5. The van der Waals surface area contributed by atoms with Gasteiger partial charge >= 0.3 is 0 Å². The third-order valence-electron chi connectivity index (χ3n) is 3.43. The zero-order valence-corrected chi connectivity index (χ0v) is 15.1. The van der Waals surface area contributed by atoms with Crippen LogP contribution in [0.3, 0.4) is 0 Å². The molecule has 4 nitrogen and oxygen atoms in total. The molecule has 124 valence electrons. The Morgan fingerprint density at radius 3 is 2.50 bits per heavy atom. The Hall–Kier alpha value is -2.40. The standard InChI is InChI=1S/C19H19BrN2O2/c1-13-12-16(20)9-10-17(13)22-19(24)14(2)21-18(23)11-8-15-6-4-3-5-7-15/h3-12,14H,1-2H3,(H,21,23)(H,22,24)/b11-8+. The van der Waals surface area contributed by atoms with Crippen molar-refractivity contribution < 1.29 is 9.59 Å². The minimum absolute atomic E-state index is 0.262. The first-order chi connectivity index (χ1) is 11.5. The van der Waals surface area contributed by atoms with Crippen molar-refractivity contribution in [2.75, 3.05) is 5.32 Å². The SMILES string of the molecule is Cc1cc(Br)ccc1NC(=O)C(C)NC(=O)/C=C/c1ccccc1. The maximum Gasteiger partial charge on any atom is 0.246 e. The van der Waals surface area contributed by atoms with E-state index in [0.717, 1.165) is 21.3 Å². The fraction of sp³-hybridized carbons (Fsp3) is 0.158. The molecule has 5 heteroatoms. The minimum Gasteiger partial charge on any atom is -0.341 e. The molecule has 1 unspecified atom stereocenters. The van der Waals surface area contributed by atoms with Crippen LogP contribution in [0.25, 0.3) is 6.08 Å². The molecule has 0 saturated carbocycles. The summed E-state index contributed by atoms with van der Waals surface area (Å²) in [4.78, 5) is 24.1. The van der Waals surface area contributed by atoms with Crippen molar-refractivity contribution in [3.05, 3.63) is 70.2 Å². The first kappa shape index (κ1) is 17.9. The van der Waals surface area contributed by atoms with E-state index in [0.29, 0.717) is 0 Å². The number of hydrogen-bond donors (Lipinski definition) is 2. The van der Waals surface area contributed by atoms with Crippen LogP contribution >= 0.6 is 15.9 Å². The van der Waals surface area contributed by atoms with Crippen LogP contribution in [0.5, 0.6) is 0 Å². The van der Waals surface area contributed by atoms with Gasteiger partial charge in [0.2, 0.25) is 11.8 Å². The molecule has 0 bridgehead atoms. The Kier molecular flexibility index (Phi) is 6.32. The second-order valence-corrected chi connectivity index (χ2v) is 6.34. The van der Waals surface area contributed by atoms with Crippen LogP contribution < -0.4 is 10.6 Å². The molecule has 2 aromatic rings. The van der Waals surface area contributed by atoms with Crippen LogP contribution in [0, 0.1) is 6.92 Å². The number of nitrogens with one attached hydrogen (secondary N) is 2. The molecule has 2 N–H and O–H groups in total. The quantitative estimate of drug-likeness (QED) is 0.765. The highest BCUT2D eigenvalue weighted by Crippen LogP contribution is 2.20. The summed E-state index contributed by atoms with van der Waals surface area (Å²) in [7, 11) is 0. The summed E-state index contributed by atoms with van der Waals surface area (Å²) in [6.07, 6.45) is 3.13. The molecule has 0 fully saturated rings. The van der Waals surface area contributed by atoms with E-state index >= 15 is 0 Å². The Labute approximate surface area is 150 Å². The average Bonchev–Trinajstić information content (AvgIpc) is 2.56. The molecule has 0 aliphatic rings. The molecule has 0 heterocycles. The van der Waals surface area contributed by atoms with Gasteiger partial charge in [-0.3, -0.25) is 9.59 Å². The van der Waals surface area contributed by atoms with E-state index in [9.17, 15) is 9.59 Å². The summed E-state index contributed by atoms with van der Waals surface area (Å²) >= 11 is 3.38. The Morgan fingerprint density at radius 1 is 1.12 bits per heavy atom. The molecular formula is C19H19BrN2O2. The predicted octanol–water partition coefficient (Wildman–Crippen LogP) is 3.91. The second-order valence-electron chi connectivity index (χ2n) is 5.42. The molecule has 2 aromatic carbocycles. The number of amides is 2. The van der Waals surface area contributed by atoms with Gasteiger partial charge in [0, 0.05) is 16.2 Å². The maximum atomic E-state index is 12.2. The van der Waals surface area contributed by atoms with Gasteiger partial charge in [0.1, 0.15) is 6.04 Å². The summed E-state index contributed by atoms with van der Waals surface area (Å²) < 4.78 is 0.949. The smallest absolute Gasteiger partial charge is 0.246 e. The molecule has 0 aliphatic carbocycles. The van der Waals surface area contributed by atoms with Crippen molar-refractivity contribution in [3.63, 3.8) is 0 Å². The maximum absolute atomic E-state index is 12.2. The summed E-state index contributed by atoms with van der Waals surface area (Å²) in [5, 5.41) is 5.47. The lowest BCUT2D eigenvalue weighted by molar-refractivity contribution is -0.123. The summed E-state index contributed by atoms with van der Waals surface area (Å²) in [6.45, 7) is 3.56. The summed E-state index contributed by atoms with van der Waals surface area (Å²) in [5.41, 5.74) is 2.60. The number of halogens is 1. The lowest BCUT2D eigenvalue weighted by atomic mass is 10.2. The van der Waals surface area contributed by atoms with Crippen molar-refractivity contribution in [2.45, 2.75) is 19.9 Å². The van der Waals surface area contributed by atoms with Gasteiger partial charge in [0.05, 0.1) is 0 Å². The first-order valence-corrected chi connectivity index (χ1v) is 8.35. The molecule has 1 atom stereocenters. The van der Waals surface area contributed by atoms with E-state index < -0.39 is 6.04 Å². The van der Waals surface area contributed by atoms with Crippen LogP contribution in [0.1, 0.15) is 18.1 Å². The van der Waals surface area contributed by atoms with Crippen molar-refractivity contribution in [3.8, 4) is 0 Å². The van der Waals surface area contributed by atoms with E-state index in [1.807, 2.05) is 55.5 Å². The number of hydrogen-bond acceptors (Lipinski definition) is 2. The van der Waals surface area contributed by atoms with Gasteiger partial charge in [-0.05, 0) is 49.2 Å². The van der Waals surface area contributed by atoms with E-state index in [1.54, 1.807) is 13.0 Å². The molecule has 24 heavy (non-hydrogen) atoms. The van der Waals surface area contributed by atoms with Crippen LogP contribution in [-0.4, -0.2) is 17.9 Å². The van der Waals surface area contributed by atoms with Crippen LogP contribution in [-0.2, 0) is 9.59 Å². The van der Waals surface area contributed by atoms with Crippen LogP contribution in [0.15, 0.2) is 59.1 Å². The van der Waals surface area contributed by atoms with Gasteiger partial charge in [0.15, 0.2) is 0 Å². The number of benzene rings is 2. The van der Waals surface area contributed by atoms with E-state index in [-0.39, 0.29) is 11.8 Å². The number of aryl methyl sites for hydroxylation is 1. The van der Waals surface area contributed by atoms with Crippen LogP contribution in [0.4, 0.5) is 5.69 Å². The van der Waals surface area contributed by atoms with Crippen LogP contribution in [0.2, 0.25) is 0 Å². The largest absolute Gasteiger partial charge is 0.341 e. The topological polar surface area (TPSA) is 58.2 Å². The normalized spacial score (nSPS) is 12.0. The van der Waals surface area contributed by atoms with Gasteiger partial charge in [-0.2, -0.15) is 0 Å². The Morgan fingerprint density at radius 2 is 1.83 bits per heavy atom.